The van der Waals surface area contributed by atoms with Gasteiger partial charge in [0.2, 0.25) is 0 Å². The van der Waals surface area contributed by atoms with Crippen LogP contribution in [0.25, 0.3) is 0 Å². The van der Waals surface area contributed by atoms with Gasteiger partial charge in [-0.3, -0.25) is 4.79 Å². The fourth-order valence-electron chi connectivity index (χ4n) is 3.36. The van der Waals surface area contributed by atoms with Gasteiger partial charge in [-0.25, -0.2) is 4.98 Å². The fraction of sp³-hybridized carbons (Fsp3) is 0.733. The van der Waals surface area contributed by atoms with Crippen molar-refractivity contribution in [2.45, 2.75) is 57.5 Å². The predicted octanol–water partition coefficient (Wildman–Crippen LogP) is 3.25. The molecule has 1 aromatic rings. The Kier molecular flexibility index (Phi) is 6.69. The average molecular weight is 366 g/mol. The second kappa shape index (κ2) is 7.47. The van der Waals surface area contributed by atoms with Crippen LogP contribution in [0.2, 0.25) is 0 Å². The zero-order chi connectivity index (χ0) is 14.3. The Balaban J connectivity index is 0.00000121. The summed E-state index contributed by atoms with van der Waals surface area (Å²) in [5.74, 6) is 0.202. The number of hydrogen-bond donors (Lipinski definition) is 1. The molecule has 2 unspecified atom stereocenters. The maximum absolute atomic E-state index is 13.0. The molecule has 1 aromatic heterocycles. The second-order valence-corrected chi connectivity index (χ2v) is 7.73. The number of nitrogens with zero attached hydrogens (tertiary/aromatic N) is 2. The maximum atomic E-state index is 13.0. The van der Waals surface area contributed by atoms with E-state index in [-0.39, 0.29) is 36.1 Å². The first-order valence-corrected chi connectivity index (χ1v) is 8.34. The lowest BCUT2D eigenvalue weighted by Gasteiger charge is -2.28. The van der Waals surface area contributed by atoms with Crippen molar-refractivity contribution in [1.29, 1.82) is 0 Å². The van der Waals surface area contributed by atoms with Gasteiger partial charge in [-0.15, -0.1) is 36.2 Å². The van der Waals surface area contributed by atoms with Crippen LogP contribution in [0.3, 0.4) is 0 Å². The fourth-order valence-corrected chi connectivity index (χ4v) is 4.30. The van der Waals surface area contributed by atoms with Crippen LogP contribution in [0.5, 0.6) is 0 Å². The molecule has 2 aliphatic rings. The van der Waals surface area contributed by atoms with Crippen molar-refractivity contribution in [3.05, 3.63) is 16.1 Å². The maximum Gasteiger partial charge on any atom is 0.266 e. The van der Waals surface area contributed by atoms with Crippen molar-refractivity contribution in [2.24, 2.45) is 0 Å². The van der Waals surface area contributed by atoms with Crippen LogP contribution >= 0.6 is 36.2 Å². The molecule has 4 nitrogen and oxygen atoms in total. The van der Waals surface area contributed by atoms with Crippen molar-refractivity contribution in [3.63, 3.8) is 0 Å². The topological polar surface area (TPSA) is 45.2 Å². The lowest BCUT2D eigenvalue weighted by atomic mass is 9.91. The summed E-state index contributed by atoms with van der Waals surface area (Å²) in [6, 6.07) is 0.780. The molecule has 22 heavy (non-hydrogen) atoms. The molecule has 1 amide bonds. The van der Waals surface area contributed by atoms with E-state index in [0.29, 0.717) is 12.1 Å². The highest BCUT2D eigenvalue weighted by molar-refractivity contribution is 7.11. The first-order chi connectivity index (χ1) is 9.48. The number of rotatable bonds is 1. The third kappa shape index (κ3) is 3.58. The van der Waals surface area contributed by atoms with E-state index in [2.05, 4.69) is 36.0 Å². The summed E-state index contributed by atoms with van der Waals surface area (Å²) in [5.41, 5.74) is 2.68. The molecular weight excluding hydrogens is 341 g/mol. The van der Waals surface area contributed by atoms with E-state index >= 15 is 0 Å². The summed E-state index contributed by atoms with van der Waals surface area (Å²) in [4.78, 5) is 20.4. The third-order valence-electron chi connectivity index (χ3n) is 4.36. The molecule has 2 bridgehead atoms. The number of fused-ring (bicyclic) bond motifs is 2. The van der Waals surface area contributed by atoms with Gasteiger partial charge in [-0.2, -0.15) is 0 Å². The SMILES string of the molecule is CC(C)(C)c1ncsc1C(=O)N1C2CCNCC1CC2.Cl.Cl. The molecule has 0 saturated carbocycles. The van der Waals surface area contributed by atoms with Gasteiger partial charge in [0.05, 0.1) is 11.2 Å². The number of carbonyl (C=O) groups excluding carboxylic acids is 1. The second-order valence-electron chi connectivity index (χ2n) is 6.87. The minimum Gasteiger partial charge on any atom is -0.331 e. The van der Waals surface area contributed by atoms with Gasteiger partial charge in [-0.05, 0) is 25.8 Å². The summed E-state index contributed by atoms with van der Waals surface area (Å²) in [5, 5.41) is 3.45. The summed E-state index contributed by atoms with van der Waals surface area (Å²) in [6.07, 6.45) is 3.36. The zero-order valence-corrected chi connectivity index (χ0v) is 15.7. The van der Waals surface area contributed by atoms with Crippen molar-refractivity contribution < 1.29 is 4.79 Å². The highest BCUT2D eigenvalue weighted by Gasteiger charge is 2.40. The van der Waals surface area contributed by atoms with E-state index in [1.54, 1.807) is 0 Å². The highest BCUT2D eigenvalue weighted by Crippen LogP contribution is 2.33. The number of nitrogens with one attached hydrogen (secondary N) is 1. The number of hydrogen-bond acceptors (Lipinski definition) is 4. The van der Waals surface area contributed by atoms with Gasteiger partial charge in [0.25, 0.3) is 5.91 Å². The average Bonchev–Trinajstić information content (AvgIpc) is 2.91. The van der Waals surface area contributed by atoms with Gasteiger partial charge in [0, 0.05) is 24.0 Å². The van der Waals surface area contributed by atoms with Crippen molar-refractivity contribution in [1.82, 2.24) is 15.2 Å². The van der Waals surface area contributed by atoms with E-state index in [9.17, 15) is 4.79 Å². The standard InChI is InChI=1S/C15H23N3OS.2ClH/c1-15(2,3)13-12(20-9-17-13)14(19)18-10-4-5-11(18)8-16-7-6-10;;/h9-11,16H,4-8H2,1-3H3;2*1H. The van der Waals surface area contributed by atoms with Gasteiger partial charge in [0.15, 0.2) is 0 Å². The number of amides is 1. The molecule has 2 fully saturated rings. The van der Waals surface area contributed by atoms with E-state index in [1.165, 1.54) is 11.3 Å². The Labute approximate surface area is 148 Å². The molecule has 0 aliphatic carbocycles. The number of carbonyl (C=O) groups is 1. The molecule has 2 saturated heterocycles. The number of halogens is 2. The van der Waals surface area contributed by atoms with Crippen LogP contribution in [0, 0.1) is 0 Å². The van der Waals surface area contributed by atoms with Crippen LogP contribution in [-0.4, -0.2) is 41.0 Å². The van der Waals surface area contributed by atoms with Crippen LogP contribution in [0.15, 0.2) is 5.51 Å². The number of thiazole rings is 1. The lowest BCUT2D eigenvalue weighted by molar-refractivity contribution is 0.0682. The number of aromatic nitrogens is 1. The molecule has 0 spiro atoms. The Hall–Kier alpha value is -0.360. The Morgan fingerprint density at radius 1 is 1.27 bits per heavy atom. The van der Waals surface area contributed by atoms with E-state index < -0.39 is 0 Å². The van der Waals surface area contributed by atoms with Crippen LogP contribution in [-0.2, 0) is 5.41 Å². The molecule has 2 atom stereocenters. The van der Waals surface area contributed by atoms with Gasteiger partial charge >= 0.3 is 0 Å². The molecule has 0 radical (unpaired) electrons. The molecule has 3 rings (SSSR count). The third-order valence-corrected chi connectivity index (χ3v) is 5.18. The quantitative estimate of drug-likeness (QED) is 0.830. The van der Waals surface area contributed by atoms with E-state index in [4.69, 9.17) is 0 Å². The highest BCUT2D eigenvalue weighted by atomic mass is 35.5. The van der Waals surface area contributed by atoms with Gasteiger partial charge in [0.1, 0.15) is 4.88 Å². The predicted molar refractivity (Wildman–Crippen MR) is 95.8 cm³/mol. The molecule has 1 N–H and O–H groups in total. The minimum atomic E-state index is -0.0753. The lowest BCUT2D eigenvalue weighted by Crippen LogP contribution is -2.42. The molecule has 2 aliphatic heterocycles. The summed E-state index contributed by atoms with van der Waals surface area (Å²) < 4.78 is 0. The van der Waals surface area contributed by atoms with E-state index in [0.717, 1.165) is 42.9 Å². The van der Waals surface area contributed by atoms with Crippen LogP contribution < -0.4 is 5.32 Å². The van der Waals surface area contributed by atoms with Crippen molar-refractivity contribution in [2.75, 3.05) is 13.1 Å². The molecule has 0 aromatic carbocycles. The Morgan fingerprint density at radius 3 is 2.64 bits per heavy atom. The largest absolute Gasteiger partial charge is 0.331 e. The normalized spacial score (nSPS) is 24.2. The summed E-state index contributed by atoms with van der Waals surface area (Å²) in [6.45, 7) is 8.33. The monoisotopic (exact) mass is 365 g/mol. The minimum absolute atomic E-state index is 0. The Morgan fingerprint density at radius 2 is 1.95 bits per heavy atom. The van der Waals surface area contributed by atoms with Crippen LogP contribution in [0.1, 0.15) is 55.4 Å². The smallest absolute Gasteiger partial charge is 0.266 e. The van der Waals surface area contributed by atoms with Gasteiger partial charge in [-0.1, -0.05) is 20.8 Å². The zero-order valence-electron chi connectivity index (χ0n) is 13.3. The van der Waals surface area contributed by atoms with Crippen molar-refractivity contribution in [3.8, 4) is 0 Å². The van der Waals surface area contributed by atoms with E-state index in [1.807, 2.05) is 5.51 Å². The van der Waals surface area contributed by atoms with Crippen LogP contribution in [0.4, 0.5) is 0 Å². The molecular formula is C15H25Cl2N3OS. The first-order valence-electron chi connectivity index (χ1n) is 7.46. The molecule has 126 valence electrons. The van der Waals surface area contributed by atoms with Crippen molar-refractivity contribution >= 4 is 42.1 Å². The summed E-state index contributed by atoms with van der Waals surface area (Å²) in [7, 11) is 0. The van der Waals surface area contributed by atoms with Gasteiger partial charge < -0.3 is 10.2 Å². The first kappa shape index (κ1) is 19.7. The molecule has 7 heteroatoms. The summed E-state index contributed by atoms with van der Waals surface area (Å²) >= 11 is 1.49. The Bertz CT molecular complexity index is 501. The molecule has 3 heterocycles.